The van der Waals surface area contributed by atoms with Crippen LogP contribution in [0.5, 0.6) is 0 Å². The van der Waals surface area contributed by atoms with E-state index in [9.17, 15) is 9.90 Å². The Morgan fingerprint density at radius 1 is 1.42 bits per heavy atom. The van der Waals surface area contributed by atoms with E-state index < -0.39 is 6.29 Å². The Morgan fingerprint density at radius 3 is 2.62 bits per heavy atom. The monoisotopic (exact) mass is 339 g/mol. The molecule has 1 fully saturated rings. The zero-order chi connectivity index (χ0) is 17.7. The van der Waals surface area contributed by atoms with Gasteiger partial charge < -0.3 is 19.9 Å². The molecule has 0 radical (unpaired) electrons. The smallest absolute Gasteiger partial charge is 0.286 e. The van der Waals surface area contributed by atoms with Crippen molar-refractivity contribution in [2.24, 2.45) is 17.3 Å². The van der Waals surface area contributed by atoms with Gasteiger partial charge in [-0.1, -0.05) is 20.8 Å². The average molecular weight is 339 g/mol. The maximum Gasteiger partial charge on any atom is 0.286 e. The van der Waals surface area contributed by atoms with Crippen LogP contribution >= 0.6 is 0 Å². The van der Waals surface area contributed by atoms with E-state index in [2.05, 4.69) is 26.1 Å². The fourth-order valence-electron chi connectivity index (χ4n) is 3.50. The minimum atomic E-state index is -0.432. The van der Waals surface area contributed by atoms with Crippen LogP contribution in [0.3, 0.4) is 0 Å². The summed E-state index contributed by atoms with van der Waals surface area (Å²) in [6, 6.07) is 0.285. The van der Waals surface area contributed by atoms with Gasteiger partial charge in [-0.25, -0.2) is 0 Å². The van der Waals surface area contributed by atoms with Crippen molar-refractivity contribution in [1.29, 1.82) is 0 Å². The van der Waals surface area contributed by atoms with Crippen LogP contribution < -0.4 is 5.32 Å². The van der Waals surface area contributed by atoms with E-state index in [0.29, 0.717) is 18.8 Å². The lowest BCUT2D eigenvalue weighted by molar-refractivity contribution is -0.179. The highest BCUT2D eigenvalue weighted by Gasteiger charge is 2.42. The molecule has 0 saturated heterocycles. The van der Waals surface area contributed by atoms with Gasteiger partial charge in [-0.15, -0.1) is 0 Å². The van der Waals surface area contributed by atoms with E-state index in [1.165, 1.54) is 6.42 Å². The molecule has 0 spiro atoms. The molecule has 1 saturated carbocycles. The quantitative estimate of drug-likeness (QED) is 0.748. The predicted molar refractivity (Wildman–Crippen MR) is 93.1 cm³/mol. The molecule has 138 valence electrons. The predicted octanol–water partition coefficient (Wildman–Crippen LogP) is 2.98. The molecule has 1 aliphatic carbocycles. The molecule has 5 heteroatoms. The van der Waals surface area contributed by atoms with Crippen LogP contribution in [0.15, 0.2) is 11.8 Å². The summed E-state index contributed by atoms with van der Waals surface area (Å²) in [7, 11) is 0. The normalized spacial score (nSPS) is 27.9. The molecule has 1 heterocycles. The number of rotatable bonds is 7. The number of amides is 1. The molecule has 24 heavy (non-hydrogen) atoms. The summed E-state index contributed by atoms with van der Waals surface area (Å²) in [6.07, 6.45) is 6.36. The highest BCUT2D eigenvalue weighted by atomic mass is 16.7. The molecule has 0 aromatic carbocycles. The van der Waals surface area contributed by atoms with Crippen LogP contribution in [-0.2, 0) is 14.3 Å². The Morgan fingerprint density at radius 2 is 2.12 bits per heavy atom. The van der Waals surface area contributed by atoms with Gasteiger partial charge in [0.15, 0.2) is 5.76 Å². The fourth-order valence-corrected chi connectivity index (χ4v) is 3.50. The first-order valence-corrected chi connectivity index (χ1v) is 9.28. The minimum absolute atomic E-state index is 0.0126. The van der Waals surface area contributed by atoms with Gasteiger partial charge in [0.25, 0.3) is 5.91 Å². The van der Waals surface area contributed by atoms with Gasteiger partial charge in [0.1, 0.15) is 0 Å². The number of aliphatic hydroxyl groups excluding tert-OH is 1. The molecule has 0 bridgehead atoms. The second-order valence-electron chi connectivity index (χ2n) is 8.00. The van der Waals surface area contributed by atoms with Crippen LogP contribution in [-0.4, -0.2) is 36.6 Å². The SMILES string of the molecule is CCO[C@H]1OC(C(=O)NC2CCC2)=C[C@@H](C(C)(C)C)[C@H]1CCCO. The number of nitrogens with one attached hydrogen (secondary N) is 1. The van der Waals surface area contributed by atoms with Crippen LogP contribution in [0, 0.1) is 17.3 Å². The number of carbonyl (C=O) groups is 1. The van der Waals surface area contributed by atoms with Gasteiger partial charge in [-0.3, -0.25) is 4.79 Å². The second-order valence-corrected chi connectivity index (χ2v) is 8.00. The van der Waals surface area contributed by atoms with E-state index in [-0.39, 0.29) is 35.8 Å². The van der Waals surface area contributed by atoms with Crippen LogP contribution in [0.4, 0.5) is 0 Å². The second kappa shape index (κ2) is 8.34. The van der Waals surface area contributed by atoms with Crippen molar-refractivity contribution in [3.63, 3.8) is 0 Å². The standard InChI is InChI=1S/C19H33NO4/c1-5-23-18-14(10-7-11-21)15(19(2,3)4)12-16(24-18)17(22)20-13-8-6-9-13/h12-15,18,21H,5-11H2,1-4H3,(H,20,22)/t14-,15-,18+/m1/s1. The molecule has 0 aromatic rings. The number of hydrogen-bond acceptors (Lipinski definition) is 4. The fraction of sp³-hybridized carbons (Fsp3) is 0.842. The van der Waals surface area contributed by atoms with Crippen LogP contribution in [0.1, 0.15) is 59.8 Å². The molecule has 5 nitrogen and oxygen atoms in total. The molecule has 0 unspecified atom stereocenters. The largest absolute Gasteiger partial charge is 0.459 e. The van der Waals surface area contributed by atoms with Crippen molar-refractivity contribution < 1.29 is 19.4 Å². The van der Waals surface area contributed by atoms with E-state index in [1.54, 1.807) is 0 Å². The van der Waals surface area contributed by atoms with Crippen LogP contribution in [0.2, 0.25) is 0 Å². The molecule has 2 N–H and O–H groups in total. The van der Waals surface area contributed by atoms with Crippen molar-refractivity contribution in [1.82, 2.24) is 5.32 Å². The highest BCUT2D eigenvalue weighted by Crippen LogP contribution is 2.42. The third-order valence-electron chi connectivity index (χ3n) is 5.08. The third kappa shape index (κ3) is 4.73. The van der Waals surface area contributed by atoms with E-state index in [4.69, 9.17) is 9.47 Å². The van der Waals surface area contributed by atoms with Crippen molar-refractivity contribution >= 4 is 5.91 Å². The molecule has 0 aromatic heterocycles. The molecule has 3 atom stereocenters. The van der Waals surface area contributed by atoms with E-state index in [0.717, 1.165) is 19.3 Å². The molecule has 2 aliphatic rings. The lowest BCUT2D eigenvalue weighted by Crippen LogP contribution is -2.46. The molecular formula is C19H33NO4. The summed E-state index contributed by atoms with van der Waals surface area (Å²) < 4.78 is 11.8. The van der Waals surface area contributed by atoms with Gasteiger partial charge in [-0.05, 0) is 56.4 Å². The van der Waals surface area contributed by atoms with E-state index in [1.807, 2.05) is 13.0 Å². The van der Waals surface area contributed by atoms with Crippen molar-refractivity contribution in [2.45, 2.75) is 72.1 Å². The molecule has 2 rings (SSSR count). The summed E-state index contributed by atoms with van der Waals surface area (Å²) in [6.45, 7) is 9.16. The number of ether oxygens (including phenoxy) is 2. The number of hydrogen-bond donors (Lipinski definition) is 2. The summed E-state index contributed by atoms with van der Waals surface area (Å²) in [5.41, 5.74) is -0.0126. The van der Waals surface area contributed by atoms with Crippen molar-refractivity contribution in [3.05, 3.63) is 11.8 Å². The summed E-state index contributed by atoms with van der Waals surface area (Å²) in [5, 5.41) is 12.3. The van der Waals surface area contributed by atoms with Gasteiger partial charge in [-0.2, -0.15) is 0 Å². The van der Waals surface area contributed by atoms with Gasteiger partial charge in [0, 0.05) is 25.2 Å². The Balaban J connectivity index is 2.20. The number of aliphatic hydroxyl groups is 1. The van der Waals surface area contributed by atoms with Gasteiger partial charge in [0.05, 0.1) is 0 Å². The molecule has 1 amide bonds. The first-order chi connectivity index (χ1) is 11.4. The zero-order valence-electron chi connectivity index (χ0n) is 15.5. The maximum absolute atomic E-state index is 12.5. The Hall–Kier alpha value is -1.07. The van der Waals surface area contributed by atoms with Crippen molar-refractivity contribution in [2.75, 3.05) is 13.2 Å². The molecular weight excluding hydrogens is 306 g/mol. The van der Waals surface area contributed by atoms with E-state index >= 15 is 0 Å². The van der Waals surface area contributed by atoms with Gasteiger partial charge >= 0.3 is 0 Å². The Labute approximate surface area is 145 Å². The van der Waals surface area contributed by atoms with Gasteiger partial charge in [0.2, 0.25) is 6.29 Å². The summed E-state index contributed by atoms with van der Waals surface area (Å²) >= 11 is 0. The van der Waals surface area contributed by atoms with Crippen molar-refractivity contribution in [3.8, 4) is 0 Å². The maximum atomic E-state index is 12.5. The molecule has 1 aliphatic heterocycles. The minimum Gasteiger partial charge on any atom is -0.459 e. The Kier molecular flexibility index (Phi) is 6.70. The number of carbonyl (C=O) groups excluding carboxylic acids is 1. The first kappa shape index (κ1) is 19.3. The summed E-state index contributed by atoms with van der Waals surface area (Å²) in [4.78, 5) is 12.5. The Bertz CT molecular complexity index is 451. The lowest BCUT2D eigenvalue weighted by Gasteiger charge is -2.42. The average Bonchev–Trinajstić information content (AvgIpc) is 2.48. The lowest BCUT2D eigenvalue weighted by atomic mass is 9.70. The third-order valence-corrected chi connectivity index (χ3v) is 5.08. The highest BCUT2D eigenvalue weighted by molar-refractivity contribution is 5.91. The van der Waals surface area contributed by atoms with Crippen LogP contribution in [0.25, 0.3) is 0 Å². The first-order valence-electron chi connectivity index (χ1n) is 9.28. The summed E-state index contributed by atoms with van der Waals surface area (Å²) in [5.74, 6) is 0.564. The number of allylic oxidation sites excluding steroid dienone is 1. The topological polar surface area (TPSA) is 67.8 Å². The zero-order valence-corrected chi connectivity index (χ0v) is 15.5.